The summed E-state index contributed by atoms with van der Waals surface area (Å²) in [6.45, 7) is 3.09. The molecule has 0 saturated carbocycles. The van der Waals surface area contributed by atoms with E-state index in [9.17, 15) is 4.79 Å². The molecule has 0 bridgehead atoms. The highest BCUT2D eigenvalue weighted by Gasteiger charge is 2.06. The van der Waals surface area contributed by atoms with Crippen molar-refractivity contribution in [1.82, 2.24) is 14.7 Å². The van der Waals surface area contributed by atoms with Crippen LogP contribution in [0.25, 0.3) is 11.7 Å². The minimum absolute atomic E-state index is 0.134. The molecule has 1 amide bonds. The molecule has 6 heteroatoms. The summed E-state index contributed by atoms with van der Waals surface area (Å²) in [4.78, 5) is 16.5. The van der Waals surface area contributed by atoms with Crippen molar-refractivity contribution in [3.05, 3.63) is 66.1 Å². The van der Waals surface area contributed by atoms with Crippen LogP contribution in [0.4, 0.5) is 0 Å². The van der Waals surface area contributed by atoms with E-state index in [1.54, 1.807) is 13.2 Å². The molecule has 0 atom stereocenters. The van der Waals surface area contributed by atoms with Gasteiger partial charge in [-0.2, -0.15) is 0 Å². The van der Waals surface area contributed by atoms with Gasteiger partial charge in [-0.05, 0) is 42.8 Å². The number of hydrogen-bond acceptors (Lipinski definition) is 4. The Labute approximate surface area is 158 Å². The third kappa shape index (κ3) is 4.88. The zero-order valence-corrected chi connectivity index (χ0v) is 15.5. The van der Waals surface area contributed by atoms with Crippen molar-refractivity contribution in [3.63, 3.8) is 0 Å². The van der Waals surface area contributed by atoms with Crippen molar-refractivity contribution in [2.75, 3.05) is 20.3 Å². The summed E-state index contributed by atoms with van der Waals surface area (Å²) in [5.41, 5.74) is 2.62. The van der Waals surface area contributed by atoms with Crippen LogP contribution in [0.15, 0.2) is 54.9 Å². The van der Waals surface area contributed by atoms with Gasteiger partial charge in [-0.25, -0.2) is 4.98 Å². The molecule has 0 aliphatic rings. The number of amides is 1. The lowest BCUT2D eigenvalue weighted by Gasteiger charge is -2.02. The van der Waals surface area contributed by atoms with E-state index in [0.29, 0.717) is 19.6 Å². The van der Waals surface area contributed by atoms with Crippen LogP contribution in [0.2, 0.25) is 0 Å². The fraction of sp³-hybridized carbons (Fsp3) is 0.238. The number of carbonyl (C=O) groups is 1. The predicted octanol–water partition coefficient (Wildman–Crippen LogP) is 3.11. The summed E-state index contributed by atoms with van der Waals surface area (Å²) >= 11 is 0. The predicted molar refractivity (Wildman–Crippen MR) is 105 cm³/mol. The van der Waals surface area contributed by atoms with Gasteiger partial charge in [-0.15, -0.1) is 0 Å². The Kier molecular flexibility index (Phi) is 6.10. The number of carbonyl (C=O) groups excluding carboxylic acids is 1. The topological polar surface area (TPSA) is 64.9 Å². The second kappa shape index (κ2) is 8.89. The Hall–Kier alpha value is -3.28. The van der Waals surface area contributed by atoms with E-state index >= 15 is 0 Å². The number of methoxy groups -OCH3 is 1. The number of pyridine rings is 1. The van der Waals surface area contributed by atoms with Gasteiger partial charge in [0, 0.05) is 31.4 Å². The van der Waals surface area contributed by atoms with Gasteiger partial charge in [0.25, 0.3) is 0 Å². The standard InChI is InChI=1S/C21H23N3O3/c1-3-27-18-9-6-16(7-10-18)8-11-20(25)22-13-12-17-15-24-14-4-5-19(26-2)21(24)23-17/h4-11,14-15H,3,12-13H2,1-2H3,(H,22,25)/b11-8+. The molecule has 2 heterocycles. The van der Waals surface area contributed by atoms with Crippen LogP contribution >= 0.6 is 0 Å². The molecule has 0 unspecified atom stereocenters. The first-order valence-corrected chi connectivity index (χ1v) is 8.89. The van der Waals surface area contributed by atoms with E-state index in [2.05, 4.69) is 10.3 Å². The molecule has 3 rings (SSSR count). The Morgan fingerprint density at radius 3 is 2.81 bits per heavy atom. The average molecular weight is 365 g/mol. The molecule has 0 fully saturated rings. The summed E-state index contributed by atoms with van der Waals surface area (Å²) in [5, 5.41) is 2.88. The number of fused-ring (bicyclic) bond motifs is 1. The monoisotopic (exact) mass is 365 g/mol. The molecule has 0 saturated heterocycles. The fourth-order valence-corrected chi connectivity index (χ4v) is 2.70. The molecule has 1 N–H and O–H groups in total. The molecular formula is C21H23N3O3. The third-order valence-electron chi connectivity index (χ3n) is 4.02. The van der Waals surface area contributed by atoms with Crippen molar-refractivity contribution in [3.8, 4) is 11.5 Å². The minimum atomic E-state index is -0.134. The van der Waals surface area contributed by atoms with Crippen molar-refractivity contribution in [2.45, 2.75) is 13.3 Å². The SMILES string of the molecule is CCOc1ccc(/C=C/C(=O)NCCc2cn3cccc(OC)c3n2)cc1. The number of nitrogens with zero attached hydrogens (tertiary/aromatic N) is 2. The van der Waals surface area contributed by atoms with E-state index in [1.807, 2.05) is 60.1 Å². The van der Waals surface area contributed by atoms with Gasteiger partial charge in [0.2, 0.25) is 5.91 Å². The summed E-state index contributed by atoms with van der Waals surface area (Å²) in [6, 6.07) is 11.4. The molecule has 0 aliphatic carbocycles. The summed E-state index contributed by atoms with van der Waals surface area (Å²) in [6.07, 6.45) is 7.82. The molecule has 2 aromatic heterocycles. The molecule has 1 aromatic carbocycles. The van der Waals surface area contributed by atoms with E-state index in [4.69, 9.17) is 9.47 Å². The maximum absolute atomic E-state index is 12.0. The first-order valence-electron chi connectivity index (χ1n) is 8.89. The molecule has 27 heavy (non-hydrogen) atoms. The quantitative estimate of drug-likeness (QED) is 0.623. The fourth-order valence-electron chi connectivity index (χ4n) is 2.70. The van der Waals surface area contributed by atoms with E-state index in [1.165, 1.54) is 6.08 Å². The first-order chi connectivity index (χ1) is 13.2. The molecule has 3 aromatic rings. The van der Waals surface area contributed by atoms with E-state index < -0.39 is 0 Å². The summed E-state index contributed by atoms with van der Waals surface area (Å²) in [7, 11) is 1.63. The highest BCUT2D eigenvalue weighted by molar-refractivity contribution is 5.91. The maximum atomic E-state index is 12.0. The van der Waals surface area contributed by atoms with Crippen molar-refractivity contribution >= 4 is 17.6 Å². The Balaban J connectivity index is 1.50. The van der Waals surface area contributed by atoms with E-state index in [0.717, 1.165) is 28.4 Å². The lowest BCUT2D eigenvalue weighted by molar-refractivity contribution is -0.116. The molecule has 0 aliphatic heterocycles. The van der Waals surface area contributed by atoms with Gasteiger partial charge >= 0.3 is 0 Å². The van der Waals surface area contributed by atoms with Crippen LogP contribution in [0.5, 0.6) is 11.5 Å². The number of rotatable bonds is 8. The van der Waals surface area contributed by atoms with Gasteiger partial charge in [-0.3, -0.25) is 4.79 Å². The first kappa shape index (κ1) is 18.5. The second-order valence-corrected chi connectivity index (χ2v) is 5.92. The Bertz CT molecular complexity index is 929. The van der Waals surface area contributed by atoms with Gasteiger partial charge < -0.3 is 19.2 Å². The number of hydrogen-bond donors (Lipinski definition) is 1. The lowest BCUT2D eigenvalue weighted by atomic mass is 10.2. The van der Waals surface area contributed by atoms with Crippen molar-refractivity contribution in [1.29, 1.82) is 0 Å². The molecule has 0 radical (unpaired) electrons. The third-order valence-corrected chi connectivity index (χ3v) is 4.02. The van der Waals surface area contributed by atoms with Crippen LogP contribution in [0.1, 0.15) is 18.2 Å². The van der Waals surface area contributed by atoms with Crippen LogP contribution in [0.3, 0.4) is 0 Å². The van der Waals surface area contributed by atoms with E-state index in [-0.39, 0.29) is 5.91 Å². The van der Waals surface area contributed by atoms with Crippen molar-refractivity contribution < 1.29 is 14.3 Å². The molecule has 140 valence electrons. The van der Waals surface area contributed by atoms with Crippen LogP contribution in [-0.2, 0) is 11.2 Å². The largest absolute Gasteiger partial charge is 0.494 e. The number of benzene rings is 1. The number of nitrogens with one attached hydrogen (secondary N) is 1. The molecule has 6 nitrogen and oxygen atoms in total. The molecule has 0 spiro atoms. The van der Waals surface area contributed by atoms with Gasteiger partial charge in [0.05, 0.1) is 19.4 Å². The van der Waals surface area contributed by atoms with Crippen LogP contribution in [0, 0.1) is 0 Å². The number of aromatic nitrogens is 2. The van der Waals surface area contributed by atoms with Crippen LogP contribution < -0.4 is 14.8 Å². The number of ether oxygens (including phenoxy) is 2. The lowest BCUT2D eigenvalue weighted by Crippen LogP contribution is -2.23. The summed E-state index contributed by atoms with van der Waals surface area (Å²) in [5.74, 6) is 1.42. The maximum Gasteiger partial charge on any atom is 0.244 e. The average Bonchev–Trinajstić information content (AvgIpc) is 3.10. The smallest absolute Gasteiger partial charge is 0.244 e. The van der Waals surface area contributed by atoms with Crippen molar-refractivity contribution in [2.24, 2.45) is 0 Å². The Morgan fingerprint density at radius 1 is 1.26 bits per heavy atom. The zero-order valence-electron chi connectivity index (χ0n) is 15.5. The Morgan fingerprint density at radius 2 is 2.07 bits per heavy atom. The van der Waals surface area contributed by atoms with Crippen LogP contribution in [-0.4, -0.2) is 35.6 Å². The highest BCUT2D eigenvalue weighted by Crippen LogP contribution is 2.18. The molecular weight excluding hydrogens is 342 g/mol. The minimum Gasteiger partial charge on any atom is -0.494 e. The normalized spacial score (nSPS) is 11.0. The zero-order chi connectivity index (χ0) is 19.1. The summed E-state index contributed by atoms with van der Waals surface area (Å²) < 4.78 is 12.6. The number of imidazole rings is 1. The van der Waals surface area contributed by atoms with Gasteiger partial charge in [-0.1, -0.05) is 12.1 Å². The second-order valence-electron chi connectivity index (χ2n) is 5.92. The van der Waals surface area contributed by atoms with Gasteiger partial charge in [0.15, 0.2) is 11.4 Å². The highest BCUT2D eigenvalue weighted by atomic mass is 16.5. The van der Waals surface area contributed by atoms with Gasteiger partial charge in [0.1, 0.15) is 5.75 Å².